The Morgan fingerprint density at radius 3 is 2.52 bits per heavy atom. The molecule has 33 heavy (non-hydrogen) atoms. The fourth-order valence-electron chi connectivity index (χ4n) is 4.31. The van der Waals surface area contributed by atoms with Gasteiger partial charge < -0.3 is 10.2 Å². The van der Waals surface area contributed by atoms with Crippen LogP contribution in [-0.4, -0.2) is 45.3 Å². The third-order valence-electron chi connectivity index (χ3n) is 5.96. The predicted octanol–water partition coefficient (Wildman–Crippen LogP) is 2.39. The van der Waals surface area contributed by atoms with Gasteiger partial charge in [0.2, 0.25) is 5.95 Å². The average molecular weight is 556 g/mol. The molecule has 0 radical (unpaired) electrons. The number of benzene rings is 2. The summed E-state index contributed by atoms with van der Waals surface area (Å²) in [5.74, 6) is 0.728. The van der Waals surface area contributed by atoms with Crippen molar-refractivity contribution in [2.24, 2.45) is 0 Å². The van der Waals surface area contributed by atoms with Crippen molar-refractivity contribution in [1.29, 1.82) is 0 Å². The summed E-state index contributed by atoms with van der Waals surface area (Å²) >= 11 is 2.32. The van der Waals surface area contributed by atoms with Gasteiger partial charge in [0.25, 0.3) is 5.56 Å². The van der Waals surface area contributed by atoms with Crippen LogP contribution in [-0.2, 0) is 13.1 Å². The smallest absolute Gasteiger partial charge is 0.330 e. The van der Waals surface area contributed by atoms with Crippen LogP contribution in [0.5, 0.6) is 0 Å². The van der Waals surface area contributed by atoms with Crippen LogP contribution < -0.4 is 21.5 Å². The number of fused-ring (bicyclic) bond motifs is 1. The molecular formula is C24H25IN6O2. The molecule has 9 heteroatoms. The number of nitrogens with zero attached hydrogens (tertiary/aromatic N) is 4. The van der Waals surface area contributed by atoms with Gasteiger partial charge in [0.1, 0.15) is 0 Å². The van der Waals surface area contributed by atoms with Crippen molar-refractivity contribution >= 4 is 39.7 Å². The van der Waals surface area contributed by atoms with Gasteiger partial charge in [-0.15, -0.1) is 0 Å². The molecule has 2 aromatic carbocycles. The van der Waals surface area contributed by atoms with E-state index < -0.39 is 11.2 Å². The molecule has 0 saturated carbocycles. The van der Waals surface area contributed by atoms with Crippen molar-refractivity contribution in [1.82, 2.24) is 24.4 Å². The normalized spacial score (nSPS) is 14.5. The molecule has 0 aliphatic carbocycles. The van der Waals surface area contributed by atoms with E-state index in [0.717, 1.165) is 53.2 Å². The Labute approximate surface area is 204 Å². The number of aromatic amines is 1. The van der Waals surface area contributed by atoms with Gasteiger partial charge >= 0.3 is 5.69 Å². The minimum absolute atomic E-state index is 0.341. The third kappa shape index (κ3) is 4.47. The number of nitrogens with one attached hydrogen (secondary N) is 2. The maximum absolute atomic E-state index is 13.1. The molecule has 170 valence electrons. The highest BCUT2D eigenvalue weighted by Gasteiger charge is 2.23. The lowest BCUT2D eigenvalue weighted by atomic mass is 10.2. The summed E-state index contributed by atoms with van der Waals surface area (Å²) in [6.07, 6.45) is 0.985. The van der Waals surface area contributed by atoms with Crippen LogP contribution in [0.3, 0.4) is 0 Å². The van der Waals surface area contributed by atoms with Gasteiger partial charge in [-0.1, -0.05) is 48.5 Å². The van der Waals surface area contributed by atoms with E-state index in [-0.39, 0.29) is 0 Å². The Bertz CT molecular complexity index is 1380. The summed E-state index contributed by atoms with van der Waals surface area (Å²) in [6, 6.07) is 17.9. The van der Waals surface area contributed by atoms with Crippen molar-refractivity contribution in [3.8, 4) is 0 Å². The number of aromatic nitrogens is 4. The first-order valence-electron chi connectivity index (χ1n) is 11.1. The van der Waals surface area contributed by atoms with Gasteiger partial charge in [-0.2, -0.15) is 4.98 Å². The highest BCUT2D eigenvalue weighted by Crippen LogP contribution is 2.24. The van der Waals surface area contributed by atoms with E-state index >= 15 is 0 Å². The van der Waals surface area contributed by atoms with E-state index in [9.17, 15) is 9.59 Å². The lowest BCUT2D eigenvalue weighted by Gasteiger charge is -2.22. The Morgan fingerprint density at radius 2 is 1.70 bits per heavy atom. The molecule has 0 atom stereocenters. The van der Waals surface area contributed by atoms with E-state index in [1.54, 1.807) is 4.57 Å². The topological polar surface area (TPSA) is 87.9 Å². The van der Waals surface area contributed by atoms with E-state index in [1.807, 2.05) is 47.0 Å². The van der Waals surface area contributed by atoms with Crippen LogP contribution in [0, 0.1) is 3.57 Å². The molecule has 0 bridgehead atoms. The summed E-state index contributed by atoms with van der Waals surface area (Å²) < 4.78 is 4.66. The molecule has 8 nitrogen and oxygen atoms in total. The van der Waals surface area contributed by atoms with Crippen molar-refractivity contribution in [3.05, 3.63) is 90.1 Å². The van der Waals surface area contributed by atoms with Crippen LogP contribution in [0.15, 0.2) is 64.2 Å². The molecule has 1 aliphatic rings. The molecule has 2 N–H and O–H groups in total. The fourth-order valence-corrected chi connectivity index (χ4v) is 4.87. The number of hydrogen-bond acceptors (Lipinski definition) is 5. The Balaban J connectivity index is 1.72. The van der Waals surface area contributed by atoms with Crippen LogP contribution in [0.4, 0.5) is 5.95 Å². The SMILES string of the molecule is O=c1[nH]c(=O)n(Cc2ccccc2)c2nc(N3CCCNCC3)n(Cc3ccccc3I)c12. The third-order valence-corrected chi connectivity index (χ3v) is 7.01. The molecule has 1 aliphatic heterocycles. The first-order valence-corrected chi connectivity index (χ1v) is 12.2. The molecule has 0 amide bonds. The lowest BCUT2D eigenvalue weighted by Crippen LogP contribution is -2.32. The van der Waals surface area contributed by atoms with E-state index in [2.05, 4.69) is 49.9 Å². The van der Waals surface area contributed by atoms with Gasteiger partial charge in [-0.3, -0.25) is 18.9 Å². The summed E-state index contributed by atoms with van der Waals surface area (Å²) in [7, 11) is 0. The highest BCUT2D eigenvalue weighted by atomic mass is 127. The van der Waals surface area contributed by atoms with Crippen molar-refractivity contribution in [2.45, 2.75) is 19.5 Å². The Hall–Kier alpha value is -2.92. The summed E-state index contributed by atoms with van der Waals surface area (Å²) in [5, 5.41) is 3.42. The average Bonchev–Trinajstić information content (AvgIpc) is 2.99. The van der Waals surface area contributed by atoms with Crippen molar-refractivity contribution in [2.75, 3.05) is 31.1 Å². The molecule has 4 aromatic rings. The molecule has 5 rings (SSSR count). The summed E-state index contributed by atoms with van der Waals surface area (Å²) in [6.45, 7) is 4.26. The van der Waals surface area contributed by atoms with Crippen LogP contribution in [0.2, 0.25) is 0 Å². The zero-order valence-corrected chi connectivity index (χ0v) is 20.3. The summed E-state index contributed by atoms with van der Waals surface area (Å²) in [4.78, 5) is 35.6. The number of anilines is 1. The Kier molecular flexibility index (Phi) is 6.32. The van der Waals surface area contributed by atoms with Crippen LogP contribution in [0.1, 0.15) is 17.5 Å². The van der Waals surface area contributed by atoms with Crippen LogP contribution >= 0.6 is 22.6 Å². The van der Waals surface area contributed by atoms with Crippen molar-refractivity contribution in [3.63, 3.8) is 0 Å². The van der Waals surface area contributed by atoms with E-state index in [0.29, 0.717) is 24.3 Å². The second-order valence-electron chi connectivity index (χ2n) is 8.18. The lowest BCUT2D eigenvalue weighted by molar-refractivity contribution is 0.721. The number of rotatable bonds is 5. The number of imidazole rings is 1. The second-order valence-corrected chi connectivity index (χ2v) is 9.35. The standard InChI is InChI=1S/C24H25IN6O2/c25-19-10-5-4-9-18(19)16-30-20-21(27-23(30)29-13-6-11-26-12-14-29)31(24(33)28-22(20)32)15-17-7-2-1-3-8-17/h1-5,7-10,26H,6,11-16H2,(H,28,32,33). The van der Waals surface area contributed by atoms with Gasteiger partial charge in [0, 0.05) is 23.2 Å². The highest BCUT2D eigenvalue weighted by molar-refractivity contribution is 14.1. The minimum Gasteiger partial charge on any atom is -0.341 e. The molecule has 0 unspecified atom stereocenters. The molecule has 1 saturated heterocycles. The van der Waals surface area contributed by atoms with Gasteiger partial charge in [0.05, 0.1) is 13.1 Å². The van der Waals surface area contributed by atoms with Gasteiger partial charge in [-0.25, -0.2) is 4.79 Å². The fraction of sp³-hybridized carbons (Fsp3) is 0.292. The van der Waals surface area contributed by atoms with Crippen molar-refractivity contribution < 1.29 is 0 Å². The number of H-pyrrole nitrogens is 1. The van der Waals surface area contributed by atoms with E-state index in [4.69, 9.17) is 4.98 Å². The van der Waals surface area contributed by atoms with E-state index in [1.165, 1.54) is 0 Å². The predicted molar refractivity (Wildman–Crippen MR) is 138 cm³/mol. The van der Waals surface area contributed by atoms with Gasteiger partial charge in [-0.05, 0) is 52.7 Å². The first kappa shape index (κ1) is 21.9. The molecule has 0 spiro atoms. The molecular weight excluding hydrogens is 531 g/mol. The monoisotopic (exact) mass is 556 g/mol. The molecule has 3 heterocycles. The Morgan fingerprint density at radius 1 is 0.909 bits per heavy atom. The minimum atomic E-state index is -0.445. The largest absolute Gasteiger partial charge is 0.341 e. The molecule has 1 fully saturated rings. The maximum Gasteiger partial charge on any atom is 0.330 e. The number of halogens is 1. The quantitative estimate of drug-likeness (QED) is 0.369. The van der Waals surface area contributed by atoms with Crippen LogP contribution in [0.25, 0.3) is 11.2 Å². The van der Waals surface area contributed by atoms with Gasteiger partial charge in [0.15, 0.2) is 11.2 Å². The zero-order chi connectivity index (χ0) is 22.8. The number of hydrogen-bond donors (Lipinski definition) is 2. The zero-order valence-electron chi connectivity index (χ0n) is 18.1. The first-order chi connectivity index (χ1) is 16.1. The maximum atomic E-state index is 13.1. The second kappa shape index (κ2) is 9.52. The molecule has 2 aromatic heterocycles. The summed E-state index contributed by atoms with van der Waals surface area (Å²) in [5.41, 5.74) is 2.08.